The van der Waals surface area contributed by atoms with E-state index in [2.05, 4.69) is 4.72 Å². The van der Waals surface area contributed by atoms with Gasteiger partial charge in [-0.25, -0.2) is 17.5 Å². The van der Waals surface area contributed by atoms with E-state index in [4.69, 9.17) is 11.5 Å². The minimum Gasteiger partial charge on any atom is -0.327 e. The topological polar surface area (TPSA) is 98.2 Å². The molecule has 0 aliphatic heterocycles. The van der Waals surface area contributed by atoms with Crippen molar-refractivity contribution in [2.24, 2.45) is 17.4 Å². The quantitative estimate of drug-likeness (QED) is 0.756. The van der Waals surface area contributed by atoms with Gasteiger partial charge in [0.15, 0.2) is 0 Å². The summed E-state index contributed by atoms with van der Waals surface area (Å²) in [5.41, 5.74) is 11.5. The first-order chi connectivity index (χ1) is 9.24. The van der Waals surface area contributed by atoms with Crippen LogP contribution in [0.4, 0.5) is 4.39 Å². The minimum absolute atomic E-state index is 0.00433. The zero-order valence-electron chi connectivity index (χ0n) is 11.3. The smallest absolute Gasteiger partial charge is 0.240 e. The van der Waals surface area contributed by atoms with Gasteiger partial charge < -0.3 is 11.5 Å². The fourth-order valence-corrected chi connectivity index (χ4v) is 3.64. The van der Waals surface area contributed by atoms with Gasteiger partial charge in [0, 0.05) is 18.1 Å². The summed E-state index contributed by atoms with van der Waals surface area (Å²) in [6.07, 6.45) is 1.47. The van der Waals surface area contributed by atoms with Crippen molar-refractivity contribution in [2.45, 2.75) is 36.2 Å². The Kier molecular flexibility index (Phi) is 4.15. The van der Waals surface area contributed by atoms with Crippen molar-refractivity contribution in [3.63, 3.8) is 0 Å². The molecule has 20 heavy (non-hydrogen) atoms. The molecule has 0 aromatic heterocycles. The molecule has 0 bridgehead atoms. The first kappa shape index (κ1) is 15.4. The van der Waals surface area contributed by atoms with Crippen LogP contribution in [0.5, 0.6) is 0 Å². The number of benzene rings is 1. The molecule has 0 spiro atoms. The van der Waals surface area contributed by atoms with E-state index in [9.17, 15) is 12.8 Å². The predicted molar refractivity (Wildman–Crippen MR) is 74.9 cm³/mol. The zero-order valence-corrected chi connectivity index (χ0v) is 12.2. The van der Waals surface area contributed by atoms with E-state index in [0.717, 1.165) is 18.6 Å². The molecule has 5 nitrogen and oxygen atoms in total. The van der Waals surface area contributed by atoms with Crippen molar-refractivity contribution < 1.29 is 12.8 Å². The maximum absolute atomic E-state index is 12.8. The molecule has 0 radical (unpaired) electrons. The Hall–Kier alpha value is -1.02. The lowest BCUT2D eigenvalue weighted by Gasteiger charge is -2.30. The van der Waals surface area contributed by atoms with Crippen LogP contribution in [-0.4, -0.2) is 26.5 Å². The van der Waals surface area contributed by atoms with Crippen LogP contribution in [-0.2, 0) is 10.0 Å². The molecular weight excluding hydrogens is 281 g/mol. The van der Waals surface area contributed by atoms with Crippen LogP contribution >= 0.6 is 0 Å². The van der Waals surface area contributed by atoms with Gasteiger partial charge in [0.1, 0.15) is 5.82 Å². The van der Waals surface area contributed by atoms with Gasteiger partial charge in [-0.1, -0.05) is 6.92 Å². The molecule has 3 atom stereocenters. The molecule has 1 aliphatic carbocycles. The second-order valence-corrected chi connectivity index (χ2v) is 7.27. The van der Waals surface area contributed by atoms with Crippen molar-refractivity contribution >= 4 is 10.0 Å². The lowest BCUT2D eigenvalue weighted by atomic mass is 9.88. The van der Waals surface area contributed by atoms with Crippen molar-refractivity contribution in [1.82, 2.24) is 4.72 Å². The third kappa shape index (κ3) is 3.01. The number of nitrogens with two attached hydrogens (primary N) is 2. The normalized spacial score (nSPS) is 30.6. The Bertz CT molecular complexity index is 576. The summed E-state index contributed by atoms with van der Waals surface area (Å²) in [6.45, 7) is 2.06. The summed E-state index contributed by atoms with van der Waals surface area (Å²) in [5.74, 6) is -0.437. The Morgan fingerprint density at radius 2 is 2.00 bits per heavy atom. The van der Waals surface area contributed by atoms with Gasteiger partial charge >= 0.3 is 0 Å². The molecule has 7 heteroatoms. The largest absolute Gasteiger partial charge is 0.327 e. The van der Waals surface area contributed by atoms with E-state index in [1.54, 1.807) is 0 Å². The predicted octanol–water partition coefficient (Wildman–Crippen LogP) is 0.559. The SMILES string of the molecule is CC1C(N)CC[C@]1(N)CNS(=O)(=O)c1ccc(F)cc1. The van der Waals surface area contributed by atoms with E-state index >= 15 is 0 Å². The van der Waals surface area contributed by atoms with Crippen molar-refractivity contribution in [3.05, 3.63) is 30.1 Å². The van der Waals surface area contributed by atoms with Crippen LogP contribution in [0.25, 0.3) is 0 Å². The summed E-state index contributed by atoms with van der Waals surface area (Å²) >= 11 is 0. The molecule has 1 fully saturated rings. The highest BCUT2D eigenvalue weighted by atomic mass is 32.2. The van der Waals surface area contributed by atoms with Gasteiger partial charge in [0.05, 0.1) is 4.90 Å². The molecule has 2 unspecified atom stereocenters. The number of halogens is 1. The van der Waals surface area contributed by atoms with Crippen molar-refractivity contribution in [3.8, 4) is 0 Å². The molecule has 1 aromatic rings. The second-order valence-electron chi connectivity index (χ2n) is 5.50. The summed E-state index contributed by atoms with van der Waals surface area (Å²) in [4.78, 5) is 0.0254. The monoisotopic (exact) mass is 301 g/mol. The lowest BCUT2D eigenvalue weighted by Crippen LogP contribution is -2.54. The van der Waals surface area contributed by atoms with Gasteiger partial charge in [-0.05, 0) is 43.0 Å². The van der Waals surface area contributed by atoms with Crippen LogP contribution in [0.2, 0.25) is 0 Å². The Morgan fingerprint density at radius 1 is 1.40 bits per heavy atom. The summed E-state index contributed by atoms with van der Waals surface area (Å²) < 4.78 is 39.5. The van der Waals surface area contributed by atoms with Gasteiger partial charge in [0.25, 0.3) is 0 Å². The van der Waals surface area contributed by atoms with Crippen molar-refractivity contribution in [2.75, 3.05) is 6.54 Å². The molecule has 0 amide bonds. The Morgan fingerprint density at radius 3 is 2.50 bits per heavy atom. The molecule has 1 aliphatic rings. The average Bonchev–Trinajstić information content (AvgIpc) is 2.66. The number of nitrogens with one attached hydrogen (secondary N) is 1. The fourth-order valence-electron chi connectivity index (χ4n) is 2.52. The molecule has 2 rings (SSSR count). The highest BCUT2D eigenvalue weighted by Crippen LogP contribution is 2.32. The van der Waals surface area contributed by atoms with E-state index in [-0.39, 0.29) is 23.4 Å². The third-order valence-corrected chi connectivity index (χ3v) is 5.62. The molecule has 112 valence electrons. The fraction of sp³-hybridized carbons (Fsp3) is 0.538. The first-order valence-electron chi connectivity index (χ1n) is 6.54. The molecule has 0 heterocycles. The molecule has 1 aromatic carbocycles. The number of hydrogen-bond acceptors (Lipinski definition) is 4. The van der Waals surface area contributed by atoms with Crippen LogP contribution in [0, 0.1) is 11.7 Å². The standard InChI is InChI=1S/C13H20FN3O2S/c1-9-12(15)6-7-13(9,16)8-17-20(18,19)11-4-2-10(14)3-5-11/h2-5,9,12,17H,6-8,15-16H2,1H3/t9?,12?,13-/m0/s1. The van der Waals surface area contributed by atoms with E-state index in [1.807, 2.05) is 6.92 Å². The van der Waals surface area contributed by atoms with Gasteiger partial charge in [-0.2, -0.15) is 0 Å². The van der Waals surface area contributed by atoms with Gasteiger partial charge in [-0.15, -0.1) is 0 Å². The number of rotatable bonds is 4. The maximum atomic E-state index is 12.8. The van der Waals surface area contributed by atoms with Crippen molar-refractivity contribution in [1.29, 1.82) is 0 Å². The molecule has 0 saturated heterocycles. The number of hydrogen-bond donors (Lipinski definition) is 3. The van der Waals surface area contributed by atoms with Crippen LogP contribution in [0.3, 0.4) is 0 Å². The molecular formula is C13H20FN3O2S. The van der Waals surface area contributed by atoms with Crippen LogP contribution < -0.4 is 16.2 Å². The highest BCUT2D eigenvalue weighted by molar-refractivity contribution is 7.89. The van der Waals surface area contributed by atoms with Crippen LogP contribution in [0.15, 0.2) is 29.2 Å². The lowest BCUT2D eigenvalue weighted by molar-refractivity contribution is 0.321. The van der Waals surface area contributed by atoms with Crippen LogP contribution in [0.1, 0.15) is 19.8 Å². The van der Waals surface area contributed by atoms with E-state index in [1.165, 1.54) is 12.1 Å². The van der Waals surface area contributed by atoms with Gasteiger partial charge in [0.2, 0.25) is 10.0 Å². The minimum atomic E-state index is -3.68. The maximum Gasteiger partial charge on any atom is 0.240 e. The molecule has 1 saturated carbocycles. The Labute approximate surface area is 118 Å². The zero-order chi connectivity index (χ0) is 15.0. The summed E-state index contributed by atoms with van der Waals surface area (Å²) in [6, 6.07) is 4.67. The average molecular weight is 301 g/mol. The van der Waals surface area contributed by atoms with E-state index < -0.39 is 21.4 Å². The Balaban J connectivity index is 2.08. The molecule has 5 N–H and O–H groups in total. The third-order valence-electron chi connectivity index (χ3n) is 4.21. The van der Waals surface area contributed by atoms with Gasteiger partial charge in [-0.3, -0.25) is 0 Å². The number of sulfonamides is 1. The highest BCUT2D eigenvalue weighted by Gasteiger charge is 2.41. The summed E-state index contributed by atoms with van der Waals surface area (Å²) in [7, 11) is -3.68. The second kappa shape index (κ2) is 5.40. The summed E-state index contributed by atoms with van der Waals surface area (Å²) in [5, 5.41) is 0. The first-order valence-corrected chi connectivity index (χ1v) is 8.03. The van der Waals surface area contributed by atoms with E-state index in [0.29, 0.717) is 6.42 Å².